The van der Waals surface area contributed by atoms with Crippen LogP contribution in [0.25, 0.3) is 0 Å². The second-order valence-corrected chi connectivity index (χ2v) is 12.1. The number of benzene rings is 3. The van der Waals surface area contributed by atoms with Crippen molar-refractivity contribution >= 4 is 35.0 Å². The van der Waals surface area contributed by atoms with Crippen molar-refractivity contribution in [1.82, 2.24) is 0 Å². The lowest BCUT2D eigenvalue weighted by Gasteiger charge is -2.49. The summed E-state index contributed by atoms with van der Waals surface area (Å²) in [6, 6.07) is 21.1. The lowest BCUT2D eigenvalue weighted by Crippen LogP contribution is -2.48. The molecule has 4 aliphatic rings. The van der Waals surface area contributed by atoms with E-state index in [0.29, 0.717) is 23.4 Å². The minimum atomic E-state index is -1.22. The molecule has 1 N–H and O–H groups in total. The SMILES string of the molecule is COc1cc([C@H]2C3=CC[C@@H]4C(=O)N(c5ccccc5)C(=O)[C@@H]4[C@@H]3C[C@H]3C(=O)N(c4ccccc4)C(=O)[C@@]23C)cc(OC)c1O. The Morgan fingerprint density at radius 2 is 1.34 bits per heavy atom. The van der Waals surface area contributed by atoms with Crippen molar-refractivity contribution < 1.29 is 33.8 Å². The van der Waals surface area contributed by atoms with Crippen molar-refractivity contribution in [3.05, 3.63) is 90.0 Å². The quantitative estimate of drug-likeness (QED) is 0.333. The van der Waals surface area contributed by atoms with E-state index in [-0.39, 0.29) is 47.3 Å². The largest absolute Gasteiger partial charge is 0.502 e. The van der Waals surface area contributed by atoms with E-state index in [1.165, 1.54) is 24.0 Å². The zero-order chi connectivity index (χ0) is 30.9. The number of carbonyl (C=O) groups is 4. The van der Waals surface area contributed by atoms with Gasteiger partial charge in [-0.05, 0) is 67.6 Å². The Hall–Kier alpha value is -4.92. The second-order valence-electron chi connectivity index (χ2n) is 12.1. The van der Waals surface area contributed by atoms with Crippen LogP contribution in [0.2, 0.25) is 0 Å². The van der Waals surface area contributed by atoms with Crippen LogP contribution in [-0.2, 0) is 19.2 Å². The molecule has 44 heavy (non-hydrogen) atoms. The third kappa shape index (κ3) is 3.71. The standard InChI is InChI=1S/C35H32N2O7/c1-35-25(32(40)37(34(35)42)21-12-8-5-9-13-21)18-24-22(29(35)19-16-26(43-2)30(38)27(17-19)44-3)14-15-23-28(24)33(41)36(31(23)39)20-10-6-4-7-11-20/h4-14,16-17,23-25,28-29,38H,15,18H2,1-3H3/t23-,24+,25-,28-,29-,35+/m0/s1. The number of hydrogen-bond donors (Lipinski definition) is 1. The van der Waals surface area contributed by atoms with Gasteiger partial charge in [0.2, 0.25) is 29.4 Å². The lowest BCUT2D eigenvalue weighted by atomic mass is 9.51. The molecule has 2 saturated heterocycles. The molecule has 4 amide bonds. The van der Waals surface area contributed by atoms with Gasteiger partial charge in [0, 0.05) is 5.92 Å². The smallest absolute Gasteiger partial charge is 0.241 e. The van der Waals surface area contributed by atoms with Gasteiger partial charge in [0.25, 0.3) is 0 Å². The van der Waals surface area contributed by atoms with Gasteiger partial charge < -0.3 is 14.6 Å². The van der Waals surface area contributed by atoms with Crippen LogP contribution in [-0.4, -0.2) is 43.0 Å². The number of aromatic hydroxyl groups is 1. The van der Waals surface area contributed by atoms with E-state index in [2.05, 4.69) is 0 Å². The Kier molecular flexibility index (Phi) is 6.39. The molecule has 0 spiro atoms. The number of allylic oxidation sites excluding steroid dienone is 2. The second kappa shape index (κ2) is 10.1. The average Bonchev–Trinajstić information content (AvgIpc) is 3.41. The fraction of sp³-hybridized carbons (Fsp3) is 0.314. The Morgan fingerprint density at radius 3 is 1.91 bits per heavy atom. The molecule has 0 aromatic heterocycles. The number of fused-ring (bicyclic) bond motifs is 4. The highest BCUT2D eigenvalue weighted by Crippen LogP contribution is 2.64. The van der Waals surface area contributed by atoms with Crippen molar-refractivity contribution in [2.75, 3.05) is 24.0 Å². The maximum atomic E-state index is 14.5. The number of hydrogen-bond acceptors (Lipinski definition) is 7. The summed E-state index contributed by atoms with van der Waals surface area (Å²) in [5, 5.41) is 10.7. The first-order valence-electron chi connectivity index (χ1n) is 14.7. The maximum Gasteiger partial charge on any atom is 0.241 e. The van der Waals surface area contributed by atoms with Gasteiger partial charge in [0.05, 0.1) is 48.8 Å². The predicted octanol–water partition coefficient (Wildman–Crippen LogP) is 4.84. The van der Waals surface area contributed by atoms with Gasteiger partial charge in [-0.1, -0.05) is 48.0 Å². The number of phenolic OH excluding ortho intramolecular Hbond substituents is 1. The summed E-state index contributed by atoms with van der Waals surface area (Å²) in [6.07, 6.45) is 2.58. The van der Waals surface area contributed by atoms with Crippen LogP contribution in [0.15, 0.2) is 84.4 Å². The molecule has 2 aliphatic carbocycles. The van der Waals surface area contributed by atoms with E-state index in [0.717, 1.165) is 5.57 Å². The van der Waals surface area contributed by atoms with Crippen LogP contribution in [0, 0.1) is 29.1 Å². The van der Waals surface area contributed by atoms with E-state index < -0.39 is 35.0 Å². The minimum Gasteiger partial charge on any atom is -0.502 e. The highest BCUT2D eigenvalue weighted by Gasteiger charge is 2.67. The van der Waals surface area contributed by atoms with Gasteiger partial charge in [0.15, 0.2) is 11.5 Å². The number of phenols is 1. The number of rotatable bonds is 5. The molecule has 3 aromatic rings. The zero-order valence-electron chi connectivity index (χ0n) is 24.6. The molecular formula is C35H32N2O7. The molecule has 3 aromatic carbocycles. The Balaban J connectivity index is 1.41. The summed E-state index contributed by atoms with van der Waals surface area (Å²) in [5.74, 6) is -4.19. The van der Waals surface area contributed by atoms with Crippen LogP contribution in [0.3, 0.4) is 0 Å². The lowest BCUT2D eigenvalue weighted by molar-refractivity contribution is -0.131. The maximum absolute atomic E-state index is 14.5. The van der Waals surface area contributed by atoms with Crippen molar-refractivity contribution in [1.29, 1.82) is 0 Å². The topological polar surface area (TPSA) is 113 Å². The number of carbonyl (C=O) groups excluding carboxylic acids is 4. The predicted molar refractivity (Wildman–Crippen MR) is 161 cm³/mol. The van der Waals surface area contributed by atoms with Crippen LogP contribution >= 0.6 is 0 Å². The molecule has 0 radical (unpaired) electrons. The molecule has 7 rings (SSSR count). The molecule has 9 heteroatoms. The summed E-state index contributed by atoms with van der Waals surface area (Å²) < 4.78 is 11.0. The monoisotopic (exact) mass is 592 g/mol. The number of amides is 4. The van der Waals surface area contributed by atoms with E-state index >= 15 is 0 Å². The highest BCUT2D eigenvalue weighted by molar-refractivity contribution is 6.25. The summed E-state index contributed by atoms with van der Waals surface area (Å²) in [7, 11) is 2.86. The van der Waals surface area contributed by atoms with E-state index in [1.54, 1.807) is 60.7 Å². The Morgan fingerprint density at radius 1 is 0.773 bits per heavy atom. The van der Waals surface area contributed by atoms with Gasteiger partial charge in [-0.15, -0.1) is 0 Å². The molecule has 9 nitrogen and oxygen atoms in total. The van der Waals surface area contributed by atoms with Crippen molar-refractivity contribution in [2.45, 2.75) is 25.7 Å². The third-order valence-electron chi connectivity index (χ3n) is 10.1. The fourth-order valence-electron chi connectivity index (χ4n) is 8.13. The van der Waals surface area contributed by atoms with Crippen molar-refractivity contribution in [3.8, 4) is 17.2 Å². The average molecular weight is 593 g/mol. The molecular weight excluding hydrogens is 560 g/mol. The Bertz CT molecular complexity index is 1710. The zero-order valence-corrected chi connectivity index (χ0v) is 24.6. The van der Waals surface area contributed by atoms with Crippen LogP contribution in [0.1, 0.15) is 31.2 Å². The minimum absolute atomic E-state index is 0.162. The third-order valence-corrected chi connectivity index (χ3v) is 10.1. The molecule has 3 fully saturated rings. The van der Waals surface area contributed by atoms with Gasteiger partial charge in [-0.2, -0.15) is 0 Å². The van der Waals surface area contributed by atoms with E-state index in [9.17, 15) is 24.3 Å². The fourth-order valence-corrected chi connectivity index (χ4v) is 8.13. The normalized spacial score (nSPS) is 29.2. The number of nitrogens with zero attached hydrogens (tertiary/aromatic N) is 2. The molecule has 2 heterocycles. The molecule has 1 saturated carbocycles. The number of imide groups is 2. The summed E-state index contributed by atoms with van der Waals surface area (Å²) >= 11 is 0. The first-order valence-corrected chi connectivity index (χ1v) is 14.7. The molecule has 0 bridgehead atoms. The number of ether oxygens (including phenoxy) is 2. The summed E-state index contributed by atoms with van der Waals surface area (Å²) in [5.41, 5.74) is 1.24. The van der Waals surface area contributed by atoms with E-state index in [4.69, 9.17) is 9.47 Å². The van der Waals surface area contributed by atoms with Gasteiger partial charge in [-0.3, -0.25) is 24.1 Å². The van der Waals surface area contributed by atoms with Gasteiger partial charge >= 0.3 is 0 Å². The van der Waals surface area contributed by atoms with E-state index in [1.807, 2.05) is 25.1 Å². The van der Waals surface area contributed by atoms with Gasteiger partial charge in [0.1, 0.15) is 0 Å². The Labute approximate surface area is 254 Å². The molecule has 2 aliphatic heterocycles. The van der Waals surface area contributed by atoms with Crippen molar-refractivity contribution in [2.24, 2.45) is 29.1 Å². The van der Waals surface area contributed by atoms with Crippen LogP contribution in [0.4, 0.5) is 11.4 Å². The summed E-state index contributed by atoms with van der Waals surface area (Å²) in [6.45, 7) is 1.82. The van der Waals surface area contributed by atoms with Crippen LogP contribution < -0.4 is 19.3 Å². The molecule has 0 unspecified atom stereocenters. The number of para-hydroxylation sites is 2. The number of methoxy groups -OCH3 is 2. The first kappa shape index (κ1) is 27.9. The summed E-state index contributed by atoms with van der Waals surface area (Å²) in [4.78, 5) is 59.2. The van der Waals surface area contributed by atoms with Gasteiger partial charge in [-0.25, -0.2) is 4.90 Å². The number of anilines is 2. The molecule has 224 valence electrons. The first-order chi connectivity index (χ1) is 21.2. The highest BCUT2D eigenvalue weighted by atomic mass is 16.5. The van der Waals surface area contributed by atoms with Crippen LogP contribution in [0.5, 0.6) is 17.2 Å². The van der Waals surface area contributed by atoms with Crippen molar-refractivity contribution in [3.63, 3.8) is 0 Å². The molecule has 6 atom stereocenters.